The molecule has 0 saturated heterocycles. The van der Waals surface area contributed by atoms with E-state index in [9.17, 15) is 0 Å². The van der Waals surface area contributed by atoms with Crippen LogP contribution in [0.5, 0.6) is 11.8 Å². The molecule has 4 nitrogen and oxygen atoms in total. The first-order chi connectivity index (χ1) is 9.28. The Morgan fingerprint density at radius 1 is 1.32 bits per heavy atom. The van der Waals surface area contributed by atoms with Crippen LogP contribution < -0.4 is 9.47 Å². The molecule has 1 aromatic rings. The molecular weight excluding hydrogens is 240 g/mol. The van der Waals surface area contributed by atoms with Crippen molar-refractivity contribution in [3.63, 3.8) is 0 Å². The van der Waals surface area contributed by atoms with Crippen molar-refractivity contribution in [1.29, 1.82) is 0 Å². The van der Waals surface area contributed by atoms with Crippen LogP contribution in [0.2, 0.25) is 0 Å². The molecule has 2 atom stereocenters. The lowest BCUT2D eigenvalue weighted by molar-refractivity contribution is 0.123. The van der Waals surface area contributed by atoms with Crippen LogP contribution in [0.4, 0.5) is 0 Å². The highest BCUT2D eigenvalue weighted by atomic mass is 16.5. The molecule has 1 aromatic heterocycles. The maximum absolute atomic E-state index is 5.91. The minimum Gasteiger partial charge on any atom is -0.474 e. The average Bonchev–Trinajstić information content (AvgIpc) is 2.39. The van der Waals surface area contributed by atoms with Gasteiger partial charge in [0.2, 0.25) is 11.8 Å². The lowest BCUT2D eigenvalue weighted by Crippen LogP contribution is -2.24. The maximum atomic E-state index is 5.91. The molecule has 1 heterocycles. The highest BCUT2D eigenvalue weighted by Gasteiger charge is 2.20. The van der Waals surface area contributed by atoms with E-state index < -0.39 is 0 Å². The van der Waals surface area contributed by atoms with Gasteiger partial charge in [0.1, 0.15) is 12.4 Å². The van der Waals surface area contributed by atoms with Crippen molar-refractivity contribution >= 4 is 0 Å². The second-order valence-corrected chi connectivity index (χ2v) is 4.92. The minimum atomic E-state index is 0.266. The van der Waals surface area contributed by atoms with Crippen LogP contribution in [0.15, 0.2) is 12.4 Å². The molecule has 1 aliphatic carbocycles. The van der Waals surface area contributed by atoms with Crippen molar-refractivity contribution in [2.75, 3.05) is 6.61 Å². The summed E-state index contributed by atoms with van der Waals surface area (Å²) in [6.45, 7) is 4.39. The molecule has 0 aromatic carbocycles. The van der Waals surface area contributed by atoms with Gasteiger partial charge >= 0.3 is 0 Å². The molecule has 4 heteroatoms. The zero-order valence-corrected chi connectivity index (χ0v) is 11.6. The first-order valence-electron chi connectivity index (χ1n) is 6.79. The summed E-state index contributed by atoms with van der Waals surface area (Å²) in [4.78, 5) is 8.18. The van der Waals surface area contributed by atoms with E-state index in [4.69, 9.17) is 9.47 Å². The summed E-state index contributed by atoms with van der Waals surface area (Å²) in [5.41, 5.74) is 0. The molecule has 1 aliphatic rings. The molecule has 0 aliphatic heterocycles. The lowest BCUT2D eigenvalue weighted by atomic mass is 9.89. The van der Waals surface area contributed by atoms with E-state index in [0.717, 1.165) is 18.8 Å². The highest BCUT2D eigenvalue weighted by Crippen LogP contribution is 2.27. The molecule has 2 rings (SSSR count). The summed E-state index contributed by atoms with van der Waals surface area (Å²) >= 11 is 0. The van der Waals surface area contributed by atoms with Crippen molar-refractivity contribution < 1.29 is 9.47 Å². The summed E-state index contributed by atoms with van der Waals surface area (Å²) in [5.74, 6) is 7.44. The third kappa shape index (κ3) is 4.44. The van der Waals surface area contributed by atoms with Gasteiger partial charge in [-0.05, 0) is 32.1 Å². The SMILES string of the molecule is CC#CCOc1cc(OC2CCCC(C)C2)ncn1. The summed E-state index contributed by atoms with van der Waals surface area (Å²) in [7, 11) is 0. The first kappa shape index (κ1) is 13.7. The smallest absolute Gasteiger partial charge is 0.221 e. The van der Waals surface area contributed by atoms with Crippen molar-refractivity contribution in [3.8, 4) is 23.6 Å². The van der Waals surface area contributed by atoms with Crippen LogP contribution in [0.25, 0.3) is 0 Å². The quantitative estimate of drug-likeness (QED) is 0.781. The largest absolute Gasteiger partial charge is 0.474 e. The zero-order valence-electron chi connectivity index (χ0n) is 11.6. The fourth-order valence-electron chi connectivity index (χ4n) is 2.30. The maximum Gasteiger partial charge on any atom is 0.221 e. The molecule has 0 radical (unpaired) electrons. The van der Waals surface area contributed by atoms with Gasteiger partial charge in [0, 0.05) is 0 Å². The third-order valence-electron chi connectivity index (χ3n) is 3.26. The van der Waals surface area contributed by atoms with Gasteiger partial charge in [-0.1, -0.05) is 19.3 Å². The Morgan fingerprint density at radius 2 is 2.16 bits per heavy atom. The van der Waals surface area contributed by atoms with Crippen LogP contribution in [0.1, 0.15) is 39.5 Å². The molecule has 1 fully saturated rings. The van der Waals surface area contributed by atoms with Crippen molar-refractivity contribution in [2.24, 2.45) is 5.92 Å². The molecule has 0 spiro atoms. The zero-order chi connectivity index (χ0) is 13.5. The molecular formula is C15H20N2O2. The van der Waals surface area contributed by atoms with Gasteiger partial charge in [-0.2, -0.15) is 0 Å². The second kappa shape index (κ2) is 6.98. The molecule has 2 unspecified atom stereocenters. The average molecular weight is 260 g/mol. The third-order valence-corrected chi connectivity index (χ3v) is 3.26. The molecule has 0 amide bonds. The molecule has 0 N–H and O–H groups in total. The predicted molar refractivity (Wildman–Crippen MR) is 73.0 cm³/mol. The fraction of sp³-hybridized carbons (Fsp3) is 0.600. The Labute approximate surface area is 114 Å². The van der Waals surface area contributed by atoms with Crippen LogP contribution in [0.3, 0.4) is 0 Å². The topological polar surface area (TPSA) is 44.2 Å². The van der Waals surface area contributed by atoms with Gasteiger partial charge in [0.15, 0.2) is 6.61 Å². The second-order valence-electron chi connectivity index (χ2n) is 4.92. The number of nitrogens with zero attached hydrogens (tertiary/aromatic N) is 2. The lowest BCUT2D eigenvalue weighted by Gasteiger charge is -2.26. The minimum absolute atomic E-state index is 0.266. The Hall–Kier alpha value is -1.76. The van der Waals surface area contributed by atoms with Crippen LogP contribution in [-0.2, 0) is 0 Å². The number of hydrogen-bond donors (Lipinski definition) is 0. The summed E-state index contributed by atoms with van der Waals surface area (Å²) in [6, 6.07) is 1.73. The predicted octanol–water partition coefficient (Wildman–Crippen LogP) is 2.84. The van der Waals surface area contributed by atoms with E-state index in [-0.39, 0.29) is 6.10 Å². The van der Waals surface area contributed by atoms with Gasteiger partial charge in [-0.3, -0.25) is 0 Å². The molecule has 19 heavy (non-hydrogen) atoms. The van der Waals surface area contributed by atoms with E-state index in [1.807, 2.05) is 0 Å². The summed E-state index contributed by atoms with van der Waals surface area (Å²) in [6.07, 6.45) is 6.46. The van der Waals surface area contributed by atoms with Crippen LogP contribution in [0, 0.1) is 17.8 Å². The Morgan fingerprint density at radius 3 is 2.95 bits per heavy atom. The number of aromatic nitrogens is 2. The molecule has 0 bridgehead atoms. The van der Waals surface area contributed by atoms with Crippen LogP contribution >= 0.6 is 0 Å². The van der Waals surface area contributed by atoms with Crippen molar-refractivity contribution in [3.05, 3.63) is 12.4 Å². The van der Waals surface area contributed by atoms with E-state index >= 15 is 0 Å². The Bertz CT molecular complexity index is 465. The van der Waals surface area contributed by atoms with Gasteiger partial charge in [-0.25, -0.2) is 9.97 Å². The summed E-state index contributed by atoms with van der Waals surface area (Å²) < 4.78 is 11.3. The molecule has 1 saturated carbocycles. The van der Waals surface area contributed by atoms with Gasteiger partial charge < -0.3 is 9.47 Å². The van der Waals surface area contributed by atoms with Gasteiger partial charge in [-0.15, -0.1) is 5.92 Å². The Balaban J connectivity index is 1.92. The van der Waals surface area contributed by atoms with Crippen LogP contribution in [-0.4, -0.2) is 22.7 Å². The summed E-state index contributed by atoms with van der Waals surface area (Å²) in [5, 5.41) is 0. The van der Waals surface area contributed by atoms with Gasteiger partial charge in [0.05, 0.1) is 6.07 Å². The van der Waals surface area contributed by atoms with Crippen molar-refractivity contribution in [2.45, 2.75) is 45.6 Å². The van der Waals surface area contributed by atoms with Gasteiger partial charge in [0.25, 0.3) is 0 Å². The number of ether oxygens (including phenoxy) is 2. The fourth-order valence-corrected chi connectivity index (χ4v) is 2.30. The first-order valence-corrected chi connectivity index (χ1v) is 6.79. The number of hydrogen-bond acceptors (Lipinski definition) is 4. The van der Waals surface area contributed by atoms with E-state index in [1.165, 1.54) is 19.2 Å². The monoisotopic (exact) mass is 260 g/mol. The van der Waals surface area contributed by atoms with Crippen molar-refractivity contribution in [1.82, 2.24) is 9.97 Å². The highest BCUT2D eigenvalue weighted by molar-refractivity contribution is 5.19. The van der Waals surface area contributed by atoms with E-state index in [1.54, 1.807) is 13.0 Å². The number of rotatable bonds is 4. The van der Waals surface area contributed by atoms with E-state index in [0.29, 0.717) is 18.4 Å². The molecule has 102 valence electrons. The Kier molecular flexibility index (Phi) is 5.02. The standard InChI is InChI=1S/C15H20N2O2/c1-3-4-8-18-14-10-15(17-11-16-14)19-13-7-5-6-12(2)9-13/h10-13H,5-9H2,1-2H3. The normalized spacial score (nSPS) is 22.2. The van der Waals surface area contributed by atoms with E-state index in [2.05, 4.69) is 28.7 Å².